The molecule has 2 aliphatic rings. The van der Waals surface area contributed by atoms with Gasteiger partial charge in [-0.05, 0) is 37.8 Å². The van der Waals surface area contributed by atoms with Gasteiger partial charge in [0.15, 0.2) is 5.75 Å². The Kier molecular flexibility index (Phi) is 4.27. The van der Waals surface area contributed by atoms with Crippen LogP contribution in [-0.4, -0.2) is 31.9 Å². The highest BCUT2D eigenvalue weighted by Gasteiger charge is 2.36. The second-order valence-corrected chi connectivity index (χ2v) is 7.60. The summed E-state index contributed by atoms with van der Waals surface area (Å²) >= 11 is 0. The molecule has 1 fully saturated rings. The van der Waals surface area contributed by atoms with Gasteiger partial charge < -0.3 is 14.2 Å². The van der Waals surface area contributed by atoms with Crippen molar-refractivity contribution in [2.45, 2.75) is 26.4 Å². The van der Waals surface area contributed by atoms with Crippen LogP contribution in [0, 0.1) is 30.4 Å². The normalized spacial score (nSPS) is 15.6. The lowest BCUT2D eigenvalue weighted by Crippen LogP contribution is -2.27. The van der Waals surface area contributed by atoms with Crippen LogP contribution in [0.4, 0.5) is 13.2 Å². The van der Waals surface area contributed by atoms with Gasteiger partial charge >= 0.3 is 0 Å². The summed E-state index contributed by atoms with van der Waals surface area (Å²) < 4.78 is 48.9. The fourth-order valence-corrected chi connectivity index (χ4v) is 3.70. The van der Waals surface area contributed by atoms with Crippen molar-refractivity contribution >= 4 is 5.91 Å². The van der Waals surface area contributed by atoms with Crippen LogP contribution < -0.4 is 4.74 Å². The zero-order valence-electron chi connectivity index (χ0n) is 16.0. The average Bonchev–Trinajstić information content (AvgIpc) is 3.40. The van der Waals surface area contributed by atoms with Gasteiger partial charge in [-0.2, -0.15) is 4.39 Å². The zero-order valence-corrected chi connectivity index (χ0v) is 16.0. The van der Waals surface area contributed by atoms with E-state index in [1.54, 1.807) is 16.4 Å². The highest BCUT2D eigenvalue weighted by atomic mass is 19.1. The number of hydrogen-bond acceptors (Lipinski definition) is 4. The third kappa shape index (κ3) is 3.20. The number of amides is 1. The molecule has 0 unspecified atom stereocenters. The number of hydrogen-bond donors (Lipinski definition) is 0. The molecule has 0 radical (unpaired) electrons. The van der Waals surface area contributed by atoms with E-state index >= 15 is 0 Å². The second-order valence-electron chi connectivity index (χ2n) is 7.60. The number of rotatable bonds is 5. The molecule has 2 aromatic heterocycles. The van der Waals surface area contributed by atoms with Crippen LogP contribution in [0.15, 0.2) is 30.5 Å². The van der Waals surface area contributed by atoms with Gasteiger partial charge in [-0.3, -0.25) is 4.79 Å². The molecule has 5 rings (SSSR count). The van der Waals surface area contributed by atoms with E-state index in [9.17, 15) is 18.0 Å². The van der Waals surface area contributed by atoms with E-state index in [0.29, 0.717) is 36.3 Å². The Morgan fingerprint density at radius 3 is 2.73 bits per heavy atom. The molecule has 1 amide bonds. The molecular formula is C21H17F3N4O2. The smallest absolute Gasteiger partial charge is 0.291 e. The van der Waals surface area contributed by atoms with E-state index in [-0.39, 0.29) is 17.2 Å². The van der Waals surface area contributed by atoms with Crippen molar-refractivity contribution in [3.8, 4) is 22.8 Å². The van der Waals surface area contributed by atoms with Crippen molar-refractivity contribution in [3.63, 3.8) is 0 Å². The van der Waals surface area contributed by atoms with Crippen molar-refractivity contribution in [1.82, 2.24) is 19.4 Å². The highest BCUT2D eigenvalue weighted by molar-refractivity contribution is 5.94. The Bertz CT molecular complexity index is 1170. The number of nitrogens with zero attached hydrogens (tertiary/aromatic N) is 4. The molecule has 154 valence electrons. The van der Waals surface area contributed by atoms with Gasteiger partial charge in [0, 0.05) is 24.2 Å². The predicted molar refractivity (Wildman–Crippen MR) is 100 cm³/mol. The van der Waals surface area contributed by atoms with E-state index in [0.717, 1.165) is 31.2 Å². The summed E-state index contributed by atoms with van der Waals surface area (Å²) in [6, 6.07) is 4.83. The Hall–Kier alpha value is -3.36. The molecule has 1 saturated carbocycles. The van der Waals surface area contributed by atoms with E-state index in [1.165, 1.54) is 12.1 Å². The maximum absolute atomic E-state index is 15.0. The maximum Gasteiger partial charge on any atom is 0.291 e. The van der Waals surface area contributed by atoms with Crippen molar-refractivity contribution < 1.29 is 22.7 Å². The molecule has 1 aromatic carbocycles. The average molecular weight is 414 g/mol. The number of fused-ring (bicyclic) bond motifs is 1. The number of carbonyl (C=O) groups excluding carboxylic acids is 1. The highest BCUT2D eigenvalue weighted by Crippen LogP contribution is 2.36. The Morgan fingerprint density at radius 2 is 2.00 bits per heavy atom. The van der Waals surface area contributed by atoms with Crippen LogP contribution >= 0.6 is 0 Å². The van der Waals surface area contributed by atoms with Crippen LogP contribution in [-0.2, 0) is 6.67 Å². The first-order valence-corrected chi connectivity index (χ1v) is 9.56. The summed E-state index contributed by atoms with van der Waals surface area (Å²) in [5.41, 5.74) is 1.30. The lowest BCUT2D eigenvalue weighted by atomic mass is 10.1. The topological polar surface area (TPSA) is 60.2 Å². The quantitative estimate of drug-likeness (QED) is 0.585. The third-order valence-corrected chi connectivity index (χ3v) is 5.31. The van der Waals surface area contributed by atoms with Crippen LogP contribution in [0.5, 0.6) is 11.5 Å². The molecule has 0 N–H and O–H groups in total. The largest absolute Gasteiger partial charge is 0.452 e. The number of aryl methyl sites for hydroxylation is 1. The lowest BCUT2D eigenvalue weighted by molar-refractivity contribution is 0.0758. The molecule has 6 nitrogen and oxygen atoms in total. The summed E-state index contributed by atoms with van der Waals surface area (Å²) in [5, 5.41) is 0. The van der Waals surface area contributed by atoms with E-state index in [1.807, 2.05) is 0 Å². The summed E-state index contributed by atoms with van der Waals surface area (Å²) in [6.45, 7) is 2.73. The maximum atomic E-state index is 15.0. The molecule has 3 heterocycles. The first kappa shape index (κ1) is 18.7. The number of pyridine rings is 1. The minimum atomic E-state index is -1.00. The summed E-state index contributed by atoms with van der Waals surface area (Å²) in [7, 11) is 0. The van der Waals surface area contributed by atoms with Crippen LogP contribution in [0.1, 0.15) is 29.2 Å². The van der Waals surface area contributed by atoms with Crippen LogP contribution in [0.2, 0.25) is 0 Å². The molecule has 1 aliphatic heterocycles. The van der Waals surface area contributed by atoms with Gasteiger partial charge in [0.2, 0.25) is 5.82 Å². The van der Waals surface area contributed by atoms with E-state index in [2.05, 4.69) is 9.97 Å². The second kappa shape index (κ2) is 6.86. The predicted octanol–water partition coefficient (Wildman–Crippen LogP) is 4.29. The van der Waals surface area contributed by atoms with Crippen LogP contribution in [0.25, 0.3) is 11.3 Å². The molecule has 1 aliphatic carbocycles. The number of benzene rings is 1. The standard InChI is InChI=1S/C21H17F3N4O2/c1-11-18(28-10-27(9-12-2-3-12)21(29)20(28)26-11)15-5-4-14(7-16(15)23)30-17-6-13(22)8-25-19(17)24/h4-8,12H,2-3,9-10H2,1H3. The summed E-state index contributed by atoms with van der Waals surface area (Å²) in [5.74, 6) is -2.15. The van der Waals surface area contributed by atoms with Crippen LogP contribution in [0.3, 0.4) is 0 Å². The number of carbonyl (C=O) groups is 1. The lowest BCUT2D eigenvalue weighted by Gasteiger charge is -2.16. The minimum Gasteiger partial charge on any atom is -0.452 e. The molecule has 0 saturated heterocycles. The minimum absolute atomic E-state index is 0.00667. The number of aromatic nitrogens is 3. The van der Waals surface area contributed by atoms with Gasteiger partial charge in [0.25, 0.3) is 11.9 Å². The molecular weight excluding hydrogens is 397 g/mol. The van der Waals surface area contributed by atoms with Crippen molar-refractivity contribution in [2.24, 2.45) is 5.92 Å². The van der Waals surface area contributed by atoms with Gasteiger partial charge in [0.1, 0.15) is 17.4 Å². The fourth-order valence-electron chi connectivity index (χ4n) is 3.70. The molecule has 0 atom stereocenters. The number of imidazole rings is 1. The molecule has 0 bridgehead atoms. The van der Waals surface area contributed by atoms with Gasteiger partial charge in [-0.25, -0.2) is 18.7 Å². The first-order valence-electron chi connectivity index (χ1n) is 9.56. The van der Waals surface area contributed by atoms with Crippen molar-refractivity contribution in [3.05, 3.63) is 59.6 Å². The van der Waals surface area contributed by atoms with Gasteiger partial charge in [-0.15, -0.1) is 0 Å². The Labute approximate surface area is 169 Å². The third-order valence-electron chi connectivity index (χ3n) is 5.31. The summed E-state index contributed by atoms with van der Waals surface area (Å²) in [4.78, 5) is 21.9. The monoisotopic (exact) mass is 414 g/mol. The molecule has 0 spiro atoms. The molecule has 9 heteroatoms. The SMILES string of the molecule is Cc1nc2n(c1-c1ccc(Oc3cc(F)cnc3F)cc1F)CN(CC1CC1)C2=O. The van der Waals surface area contributed by atoms with E-state index in [4.69, 9.17) is 4.74 Å². The van der Waals surface area contributed by atoms with Crippen molar-refractivity contribution in [1.29, 1.82) is 0 Å². The number of ether oxygens (including phenoxy) is 1. The van der Waals surface area contributed by atoms with E-state index < -0.39 is 23.3 Å². The summed E-state index contributed by atoms with van der Waals surface area (Å²) in [6.07, 6.45) is 2.97. The Morgan fingerprint density at radius 1 is 1.20 bits per heavy atom. The molecule has 30 heavy (non-hydrogen) atoms. The molecule has 3 aromatic rings. The zero-order chi connectivity index (χ0) is 21.0. The first-order chi connectivity index (χ1) is 14.4. The number of halogens is 3. The fraction of sp³-hybridized carbons (Fsp3) is 0.286. The van der Waals surface area contributed by atoms with Gasteiger partial charge in [0.05, 0.1) is 24.3 Å². The van der Waals surface area contributed by atoms with Crippen molar-refractivity contribution in [2.75, 3.05) is 6.54 Å². The Balaban J connectivity index is 1.45. The van der Waals surface area contributed by atoms with Gasteiger partial charge in [-0.1, -0.05) is 0 Å².